The first kappa shape index (κ1) is 23.5. The maximum atomic E-state index is 13.4. The van der Waals surface area contributed by atoms with Crippen LogP contribution < -0.4 is 14.4 Å². The van der Waals surface area contributed by atoms with Crippen molar-refractivity contribution in [1.82, 2.24) is 4.98 Å². The normalized spacial score (nSPS) is 17.8. The van der Waals surface area contributed by atoms with Gasteiger partial charge in [-0.3, -0.25) is 19.5 Å². The smallest absolute Gasteiger partial charge is 0.300 e. The Hall–Kier alpha value is -4.91. The van der Waals surface area contributed by atoms with Crippen LogP contribution in [0, 0.1) is 0 Å². The lowest BCUT2D eigenvalue weighted by Crippen LogP contribution is -2.29. The zero-order valence-electron chi connectivity index (χ0n) is 20.4. The van der Waals surface area contributed by atoms with E-state index < -0.39 is 17.7 Å². The molecule has 7 nitrogen and oxygen atoms in total. The van der Waals surface area contributed by atoms with Crippen LogP contribution >= 0.6 is 0 Å². The van der Waals surface area contributed by atoms with Gasteiger partial charge < -0.3 is 14.6 Å². The summed E-state index contributed by atoms with van der Waals surface area (Å²) in [5.41, 5.74) is 3.41. The van der Waals surface area contributed by atoms with Gasteiger partial charge >= 0.3 is 0 Å². The van der Waals surface area contributed by atoms with Crippen LogP contribution in [0.25, 0.3) is 5.76 Å². The minimum Gasteiger partial charge on any atom is -0.507 e. The van der Waals surface area contributed by atoms with Crippen LogP contribution in [0.15, 0.2) is 103 Å². The Balaban J connectivity index is 1.37. The standard InChI is InChI=1S/C31H24N2O5/c34-29(22-9-14-26-21(18-22)15-17-37-26)27-28(25-8-4-5-16-32-25)33(31(36)30(27)35)23-10-12-24(13-11-23)38-19-20-6-2-1-3-7-20/h1-14,16,18,28,34H,15,17,19H2/b29-27-. The minimum absolute atomic E-state index is 0.00281. The number of benzene rings is 3. The third kappa shape index (κ3) is 4.28. The Morgan fingerprint density at radius 2 is 1.76 bits per heavy atom. The molecule has 0 aliphatic carbocycles. The molecular formula is C31H24N2O5. The monoisotopic (exact) mass is 504 g/mol. The molecule has 1 fully saturated rings. The number of amides is 1. The van der Waals surface area contributed by atoms with Gasteiger partial charge in [0.05, 0.1) is 17.9 Å². The van der Waals surface area contributed by atoms with E-state index in [2.05, 4.69) is 4.98 Å². The molecule has 2 aliphatic heterocycles. The van der Waals surface area contributed by atoms with E-state index in [1.807, 2.05) is 30.3 Å². The van der Waals surface area contributed by atoms with E-state index in [9.17, 15) is 14.7 Å². The molecule has 3 heterocycles. The number of pyridine rings is 1. The van der Waals surface area contributed by atoms with Crippen molar-refractivity contribution >= 4 is 23.1 Å². The van der Waals surface area contributed by atoms with Crippen LogP contribution in [0.1, 0.15) is 28.4 Å². The summed E-state index contributed by atoms with van der Waals surface area (Å²) in [7, 11) is 0. The second kappa shape index (κ2) is 9.86. The van der Waals surface area contributed by atoms with Gasteiger partial charge in [0.25, 0.3) is 11.7 Å². The van der Waals surface area contributed by atoms with Crippen LogP contribution in [0.2, 0.25) is 0 Å². The molecule has 1 atom stereocenters. The van der Waals surface area contributed by atoms with Crippen molar-refractivity contribution in [2.24, 2.45) is 0 Å². The maximum Gasteiger partial charge on any atom is 0.300 e. The number of fused-ring (bicyclic) bond motifs is 1. The zero-order valence-corrected chi connectivity index (χ0v) is 20.4. The number of Topliss-reactive ketones (excluding diaryl/α,β-unsaturated/α-hetero) is 1. The summed E-state index contributed by atoms with van der Waals surface area (Å²) in [6.45, 7) is 0.980. The lowest BCUT2D eigenvalue weighted by atomic mass is 9.97. The van der Waals surface area contributed by atoms with Gasteiger partial charge in [0, 0.05) is 23.9 Å². The first-order chi connectivity index (χ1) is 18.6. The molecule has 0 radical (unpaired) electrons. The van der Waals surface area contributed by atoms with Gasteiger partial charge in [-0.25, -0.2) is 0 Å². The number of aromatic nitrogens is 1. The molecule has 0 bridgehead atoms. The maximum absolute atomic E-state index is 13.4. The molecule has 6 rings (SSSR count). The molecule has 0 spiro atoms. The minimum atomic E-state index is -0.892. The molecule has 1 aromatic heterocycles. The predicted octanol–water partition coefficient (Wildman–Crippen LogP) is 5.22. The van der Waals surface area contributed by atoms with Crippen molar-refractivity contribution in [2.45, 2.75) is 19.1 Å². The van der Waals surface area contributed by atoms with Crippen LogP contribution in [-0.4, -0.2) is 28.4 Å². The van der Waals surface area contributed by atoms with Gasteiger partial charge in [0.1, 0.15) is 29.9 Å². The molecule has 1 N–H and O–H groups in total. The largest absolute Gasteiger partial charge is 0.507 e. The number of aliphatic hydroxyl groups excluding tert-OH is 1. The van der Waals surface area contributed by atoms with Gasteiger partial charge in [-0.15, -0.1) is 0 Å². The van der Waals surface area contributed by atoms with Crippen LogP contribution in [0.4, 0.5) is 5.69 Å². The highest BCUT2D eigenvalue weighted by atomic mass is 16.5. The molecule has 4 aromatic rings. The second-order valence-electron chi connectivity index (χ2n) is 9.11. The first-order valence-corrected chi connectivity index (χ1v) is 12.3. The van der Waals surface area contributed by atoms with Crippen LogP contribution in [-0.2, 0) is 22.6 Å². The van der Waals surface area contributed by atoms with Gasteiger partial charge in [0.15, 0.2) is 0 Å². The fourth-order valence-corrected chi connectivity index (χ4v) is 4.85. The fourth-order valence-electron chi connectivity index (χ4n) is 4.85. The molecule has 7 heteroatoms. The molecule has 38 heavy (non-hydrogen) atoms. The van der Waals surface area contributed by atoms with E-state index >= 15 is 0 Å². The Morgan fingerprint density at radius 3 is 2.53 bits per heavy atom. The van der Waals surface area contributed by atoms with Crippen molar-refractivity contribution in [2.75, 3.05) is 11.5 Å². The number of nitrogens with zero attached hydrogens (tertiary/aromatic N) is 2. The van der Waals surface area contributed by atoms with E-state index in [1.54, 1.807) is 66.9 Å². The highest BCUT2D eigenvalue weighted by Gasteiger charge is 2.47. The molecule has 0 saturated carbocycles. The number of hydrogen-bond acceptors (Lipinski definition) is 6. The summed E-state index contributed by atoms with van der Waals surface area (Å²) in [4.78, 5) is 32.5. The van der Waals surface area contributed by atoms with Crippen molar-refractivity contribution in [3.8, 4) is 11.5 Å². The van der Waals surface area contributed by atoms with Gasteiger partial charge in [0.2, 0.25) is 0 Å². The van der Waals surface area contributed by atoms with Gasteiger partial charge in [-0.2, -0.15) is 0 Å². The molecule has 1 saturated heterocycles. The average Bonchev–Trinajstić information content (AvgIpc) is 3.54. The highest BCUT2D eigenvalue weighted by Crippen LogP contribution is 2.42. The average molecular weight is 505 g/mol. The summed E-state index contributed by atoms with van der Waals surface area (Å²) in [6, 6.07) is 26.5. The van der Waals surface area contributed by atoms with Crippen LogP contribution in [0.3, 0.4) is 0 Å². The first-order valence-electron chi connectivity index (χ1n) is 12.3. The number of ketones is 1. The van der Waals surface area contributed by atoms with Crippen molar-refractivity contribution in [3.05, 3.63) is 125 Å². The number of hydrogen-bond donors (Lipinski definition) is 1. The Bertz CT molecular complexity index is 1530. The summed E-state index contributed by atoms with van der Waals surface area (Å²) in [5, 5.41) is 11.3. The number of anilines is 1. The second-order valence-corrected chi connectivity index (χ2v) is 9.11. The Labute approximate surface area is 219 Å². The van der Waals surface area contributed by atoms with E-state index in [-0.39, 0.29) is 11.3 Å². The molecule has 188 valence electrons. The Kier molecular flexibility index (Phi) is 6.09. The van der Waals surface area contributed by atoms with E-state index in [4.69, 9.17) is 9.47 Å². The lowest BCUT2D eigenvalue weighted by molar-refractivity contribution is -0.132. The predicted molar refractivity (Wildman–Crippen MR) is 142 cm³/mol. The van der Waals surface area contributed by atoms with E-state index in [0.717, 1.165) is 16.9 Å². The topological polar surface area (TPSA) is 89.0 Å². The highest BCUT2D eigenvalue weighted by molar-refractivity contribution is 6.51. The van der Waals surface area contributed by atoms with Crippen molar-refractivity contribution < 1.29 is 24.2 Å². The Morgan fingerprint density at radius 1 is 0.974 bits per heavy atom. The summed E-state index contributed by atoms with van der Waals surface area (Å²) in [5.74, 6) is -0.343. The van der Waals surface area contributed by atoms with Crippen molar-refractivity contribution in [1.29, 1.82) is 0 Å². The summed E-state index contributed by atoms with van der Waals surface area (Å²) in [6.07, 6.45) is 2.32. The number of carbonyl (C=O) groups excluding carboxylic acids is 2. The SMILES string of the molecule is O=C1C(=O)N(c2ccc(OCc3ccccc3)cc2)C(c2ccccn2)/C1=C(/O)c1ccc2c(c1)CCO2. The van der Waals surface area contributed by atoms with Gasteiger partial charge in [-0.1, -0.05) is 36.4 Å². The van der Waals surface area contributed by atoms with E-state index in [0.29, 0.717) is 42.3 Å². The van der Waals surface area contributed by atoms with Crippen LogP contribution in [0.5, 0.6) is 11.5 Å². The third-order valence-electron chi connectivity index (χ3n) is 6.74. The molecule has 1 amide bonds. The zero-order chi connectivity index (χ0) is 26.1. The number of ether oxygens (including phenoxy) is 2. The molecule has 2 aliphatic rings. The number of carbonyl (C=O) groups is 2. The number of rotatable bonds is 6. The van der Waals surface area contributed by atoms with E-state index in [1.165, 1.54) is 4.90 Å². The molecule has 3 aromatic carbocycles. The third-order valence-corrected chi connectivity index (χ3v) is 6.74. The lowest BCUT2D eigenvalue weighted by Gasteiger charge is -2.24. The molecule has 1 unspecified atom stereocenters. The summed E-state index contributed by atoms with van der Waals surface area (Å²) >= 11 is 0. The van der Waals surface area contributed by atoms with Crippen molar-refractivity contribution in [3.63, 3.8) is 0 Å². The number of aliphatic hydroxyl groups is 1. The quantitative estimate of drug-likeness (QED) is 0.220. The summed E-state index contributed by atoms with van der Waals surface area (Å²) < 4.78 is 11.4. The molecular weight excluding hydrogens is 480 g/mol. The fraction of sp³-hybridized carbons (Fsp3) is 0.129. The van der Waals surface area contributed by atoms with Gasteiger partial charge in [-0.05, 0) is 65.7 Å².